The highest BCUT2D eigenvalue weighted by Gasteiger charge is 2.53. The molecule has 24 heavy (non-hydrogen) atoms. The number of nitrogens with two attached hydrogens (primary N) is 1. The van der Waals surface area contributed by atoms with Gasteiger partial charge >= 0.3 is 11.9 Å². The first-order valence-electron chi connectivity index (χ1n) is 7.39. The van der Waals surface area contributed by atoms with Crippen LogP contribution in [0.3, 0.4) is 0 Å². The van der Waals surface area contributed by atoms with Crippen LogP contribution in [0.2, 0.25) is 0 Å². The van der Waals surface area contributed by atoms with Crippen molar-refractivity contribution in [3.63, 3.8) is 0 Å². The van der Waals surface area contributed by atoms with Gasteiger partial charge in [-0.2, -0.15) is 0 Å². The molecule has 0 saturated carbocycles. The Morgan fingerprint density at radius 1 is 1.42 bits per heavy atom. The highest BCUT2D eigenvalue weighted by Crippen LogP contribution is 2.40. The smallest absolute Gasteiger partial charge is 0.352 e. The van der Waals surface area contributed by atoms with Gasteiger partial charge in [0, 0.05) is 12.2 Å². The van der Waals surface area contributed by atoms with Gasteiger partial charge in [-0.25, -0.2) is 4.79 Å². The van der Waals surface area contributed by atoms with Gasteiger partial charge < -0.3 is 21.3 Å². The lowest BCUT2D eigenvalue weighted by atomic mass is 10.0. The molecule has 0 aromatic heterocycles. The topological polar surface area (TPSA) is 150 Å². The number of carbonyl (C=O) groups is 4. The summed E-state index contributed by atoms with van der Waals surface area (Å²) in [5.41, 5.74) is 5.95. The molecule has 0 spiro atoms. The molecule has 0 aliphatic carbocycles. The van der Waals surface area contributed by atoms with E-state index in [1.807, 2.05) is 0 Å². The van der Waals surface area contributed by atoms with E-state index in [0.29, 0.717) is 17.7 Å². The van der Waals surface area contributed by atoms with Gasteiger partial charge in [-0.05, 0) is 25.3 Å². The van der Waals surface area contributed by atoms with Gasteiger partial charge in [0.1, 0.15) is 23.2 Å². The van der Waals surface area contributed by atoms with Crippen LogP contribution < -0.4 is 11.1 Å². The van der Waals surface area contributed by atoms with Crippen LogP contribution in [-0.2, 0) is 19.2 Å². The zero-order valence-corrected chi connectivity index (χ0v) is 13.8. The summed E-state index contributed by atoms with van der Waals surface area (Å²) < 4.78 is 0. The quantitative estimate of drug-likeness (QED) is 0.438. The average Bonchev–Trinajstić information content (AvgIpc) is 2.51. The number of hydrogen-bond donors (Lipinski definition) is 4. The molecule has 2 amide bonds. The van der Waals surface area contributed by atoms with E-state index in [-0.39, 0.29) is 24.4 Å². The summed E-state index contributed by atoms with van der Waals surface area (Å²) in [7, 11) is 0. The largest absolute Gasteiger partial charge is 0.480 e. The van der Waals surface area contributed by atoms with Crippen molar-refractivity contribution >= 4 is 35.5 Å². The third kappa shape index (κ3) is 3.54. The molecule has 132 valence electrons. The Hall–Kier alpha value is -2.07. The molecule has 0 aromatic carbocycles. The maximum Gasteiger partial charge on any atom is 0.352 e. The fraction of sp³-hybridized carbons (Fsp3) is 0.571. The summed E-state index contributed by atoms with van der Waals surface area (Å²) in [6.45, 7) is 1.66. The van der Waals surface area contributed by atoms with Crippen molar-refractivity contribution in [3.05, 3.63) is 11.3 Å². The van der Waals surface area contributed by atoms with Crippen molar-refractivity contribution in [2.24, 2.45) is 5.73 Å². The molecule has 2 heterocycles. The first kappa shape index (κ1) is 18.3. The molecule has 10 heteroatoms. The molecule has 0 bridgehead atoms. The molecule has 0 unspecified atom stereocenters. The highest BCUT2D eigenvalue weighted by molar-refractivity contribution is 8.00. The highest BCUT2D eigenvalue weighted by atomic mass is 32.2. The number of carboxylic acids is 2. The van der Waals surface area contributed by atoms with Crippen molar-refractivity contribution in [1.29, 1.82) is 0 Å². The summed E-state index contributed by atoms with van der Waals surface area (Å²) in [4.78, 5) is 47.1. The van der Waals surface area contributed by atoms with E-state index < -0.39 is 35.3 Å². The average molecular weight is 357 g/mol. The van der Waals surface area contributed by atoms with Crippen LogP contribution in [0.1, 0.15) is 26.2 Å². The normalized spacial score (nSPS) is 24.1. The Morgan fingerprint density at radius 3 is 2.67 bits per heavy atom. The summed E-state index contributed by atoms with van der Waals surface area (Å²) >= 11 is 1.40. The molecule has 1 fully saturated rings. The Kier molecular flexibility index (Phi) is 5.50. The molecule has 9 nitrogen and oxygen atoms in total. The predicted octanol–water partition coefficient (Wildman–Crippen LogP) is -0.673. The minimum Gasteiger partial charge on any atom is -0.480 e. The fourth-order valence-corrected chi connectivity index (χ4v) is 3.92. The number of carbonyl (C=O) groups excluding carboxylic acids is 2. The molecule has 2 rings (SSSR count). The molecule has 3 atom stereocenters. The van der Waals surface area contributed by atoms with Crippen LogP contribution in [0.25, 0.3) is 0 Å². The number of fused-ring (bicyclic) bond motifs is 1. The fourth-order valence-electron chi connectivity index (χ4n) is 2.63. The van der Waals surface area contributed by atoms with Crippen molar-refractivity contribution in [2.75, 3.05) is 5.75 Å². The van der Waals surface area contributed by atoms with Crippen LogP contribution >= 0.6 is 11.8 Å². The number of β-lactam (4-membered cyclic amide) rings is 1. The minimum absolute atomic E-state index is 0.0123. The third-order valence-electron chi connectivity index (χ3n) is 3.91. The Labute approximate surface area is 142 Å². The van der Waals surface area contributed by atoms with Gasteiger partial charge in [-0.15, -0.1) is 11.8 Å². The lowest BCUT2D eigenvalue weighted by Gasteiger charge is -2.49. The molecule has 5 N–H and O–H groups in total. The third-order valence-corrected chi connectivity index (χ3v) is 5.34. The standard InChI is InChI=1S/C14H19N3O6S/c1-6-5-24-12-9(11(19)17(12)10(6)14(22)23)16-8(18)4-2-3-7(15)13(20)21/h7,9,12H,2-5,15H2,1H3,(H,16,18)(H,20,21)(H,22,23)/t7-,9-,12-/m1/s1. The molecule has 2 aliphatic rings. The van der Waals surface area contributed by atoms with Gasteiger partial charge in [0.15, 0.2) is 0 Å². The second-order valence-corrected chi connectivity index (χ2v) is 6.83. The van der Waals surface area contributed by atoms with E-state index in [9.17, 15) is 24.3 Å². The van der Waals surface area contributed by atoms with Gasteiger partial charge in [0.05, 0.1) is 0 Å². The molecular weight excluding hydrogens is 338 g/mol. The monoisotopic (exact) mass is 357 g/mol. The number of nitrogens with zero attached hydrogens (tertiary/aromatic N) is 1. The molecular formula is C14H19N3O6S. The van der Waals surface area contributed by atoms with Gasteiger partial charge in [-0.1, -0.05) is 0 Å². The van der Waals surface area contributed by atoms with Gasteiger partial charge in [-0.3, -0.25) is 19.3 Å². The number of amides is 2. The summed E-state index contributed by atoms with van der Waals surface area (Å²) in [6.07, 6.45) is 0.515. The number of aliphatic carboxylic acids is 2. The predicted molar refractivity (Wildman–Crippen MR) is 84.8 cm³/mol. The Morgan fingerprint density at radius 2 is 2.08 bits per heavy atom. The van der Waals surface area contributed by atoms with E-state index in [1.54, 1.807) is 6.92 Å². The Bertz CT molecular complexity index is 620. The van der Waals surface area contributed by atoms with Crippen LogP contribution in [0.5, 0.6) is 0 Å². The maximum absolute atomic E-state index is 12.2. The minimum atomic E-state index is -1.15. The van der Waals surface area contributed by atoms with Crippen LogP contribution in [0.15, 0.2) is 11.3 Å². The zero-order valence-electron chi connectivity index (χ0n) is 13.0. The zero-order chi connectivity index (χ0) is 18.0. The number of carboxylic acid groups (broad SMARTS) is 2. The van der Waals surface area contributed by atoms with Crippen molar-refractivity contribution in [1.82, 2.24) is 10.2 Å². The summed E-state index contributed by atoms with van der Waals surface area (Å²) in [5, 5.41) is 20.1. The number of rotatable bonds is 7. The number of nitrogens with one attached hydrogen (secondary N) is 1. The van der Waals surface area contributed by atoms with E-state index in [2.05, 4.69) is 5.32 Å². The maximum atomic E-state index is 12.2. The van der Waals surface area contributed by atoms with Crippen LogP contribution in [-0.4, -0.2) is 62.1 Å². The number of hydrogen-bond acceptors (Lipinski definition) is 6. The van der Waals surface area contributed by atoms with Gasteiger partial charge in [0.25, 0.3) is 5.91 Å². The second kappa shape index (κ2) is 7.22. The first-order valence-corrected chi connectivity index (χ1v) is 8.44. The molecule has 1 saturated heterocycles. The van der Waals surface area contributed by atoms with Crippen LogP contribution in [0.4, 0.5) is 0 Å². The Balaban J connectivity index is 1.88. The van der Waals surface area contributed by atoms with E-state index in [1.165, 1.54) is 16.7 Å². The van der Waals surface area contributed by atoms with Gasteiger partial charge in [0.2, 0.25) is 5.91 Å². The van der Waals surface area contributed by atoms with Crippen molar-refractivity contribution in [2.45, 2.75) is 43.6 Å². The molecule has 0 radical (unpaired) electrons. The van der Waals surface area contributed by atoms with Crippen LogP contribution in [0, 0.1) is 0 Å². The molecule has 0 aromatic rings. The van der Waals surface area contributed by atoms with E-state index >= 15 is 0 Å². The first-order chi connectivity index (χ1) is 11.2. The second-order valence-electron chi connectivity index (χ2n) is 5.73. The molecule has 2 aliphatic heterocycles. The number of thioether (sulfide) groups is 1. The lowest BCUT2D eigenvalue weighted by molar-refractivity contribution is -0.150. The lowest BCUT2D eigenvalue weighted by Crippen LogP contribution is -2.70. The summed E-state index contributed by atoms with van der Waals surface area (Å²) in [5.74, 6) is -2.62. The SMILES string of the molecule is CC1=C(C(=O)O)N2C(=O)[C@@H](NC(=O)CCC[C@@H](N)C(=O)O)[C@H]2SC1. The van der Waals surface area contributed by atoms with Crippen molar-refractivity contribution < 1.29 is 29.4 Å². The van der Waals surface area contributed by atoms with E-state index in [0.717, 1.165) is 0 Å². The summed E-state index contributed by atoms with van der Waals surface area (Å²) in [6, 6.07) is -1.77. The van der Waals surface area contributed by atoms with Crippen molar-refractivity contribution in [3.8, 4) is 0 Å². The van der Waals surface area contributed by atoms with E-state index in [4.69, 9.17) is 10.8 Å².